The van der Waals surface area contributed by atoms with Gasteiger partial charge >= 0.3 is 0 Å². The van der Waals surface area contributed by atoms with Crippen LogP contribution >= 0.6 is 0 Å². The van der Waals surface area contributed by atoms with Gasteiger partial charge in [-0.15, -0.1) is 0 Å². The third-order valence-corrected chi connectivity index (χ3v) is 4.15. The number of aliphatic hydroxyl groups excluding tert-OH is 1. The van der Waals surface area contributed by atoms with Crippen molar-refractivity contribution >= 4 is 5.91 Å². The topological polar surface area (TPSA) is 49.3 Å². The number of carbonyl (C=O) groups is 1. The Morgan fingerprint density at radius 3 is 2.50 bits per heavy atom. The van der Waals surface area contributed by atoms with Crippen LogP contribution in [0.25, 0.3) is 0 Å². The minimum atomic E-state index is 0.0439. The van der Waals surface area contributed by atoms with Crippen molar-refractivity contribution < 1.29 is 9.90 Å². The second-order valence-electron chi connectivity index (χ2n) is 5.64. The van der Waals surface area contributed by atoms with E-state index in [9.17, 15) is 4.79 Å². The third-order valence-electron chi connectivity index (χ3n) is 4.15. The molecule has 0 saturated heterocycles. The molecule has 2 N–H and O–H groups in total. The number of rotatable bonds is 5. The van der Waals surface area contributed by atoms with Gasteiger partial charge in [0.15, 0.2) is 0 Å². The quantitative estimate of drug-likeness (QED) is 0.750. The molecular weight excluding hydrogens is 202 g/mol. The molecule has 0 bridgehead atoms. The Morgan fingerprint density at radius 2 is 1.94 bits per heavy atom. The number of aliphatic hydroxyl groups is 1. The van der Waals surface area contributed by atoms with Gasteiger partial charge in [0.2, 0.25) is 5.91 Å². The fourth-order valence-electron chi connectivity index (χ4n) is 2.58. The van der Waals surface area contributed by atoms with Crippen LogP contribution in [0.15, 0.2) is 0 Å². The molecule has 3 heteroatoms. The van der Waals surface area contributed by atoms with E-state index >= 15 is 0 Å². The minimum absolute atomic E-state index is 0.0439. The van der Waals surface area contributed by atoms with Gasteiger partial charge in [-0.1, -0.05) is 19.3 Å². The second-order valence-corrected chi connectivity index (χ2v) is 5.64. The number of nitrogens with one attached hydrogen (secondary N) is 1. The Morgan fingerprint density at radius 1 is 1.25 bits per heavy atom. The van der Waals surface area contributed by atoms with Crippen LogP contribution in [0.4, 0.5) is 0 Å². The maximum absolute atomic E-state index is 11.7. The Balaban J connectivity index is 1.64. The van der Waals surface area contributed by atoms with Gasteiger partial charge in [0.1, 0.15) is 0 Å². The molecular formula is C13H23NO2. The van der Waals surface area contributed by atoms with Crippen LogP contribution in [0, 0.1) is 11.3 Å². The predicted octanol–water partition coefficient (Wildman–Crippen LogP) is 1.85. The Bertz CT molecular complexity index is 242. The highest BCUT2D eigenvalue weighted by Gasteiger charge is 2.42. The van der Waals surface area contributed by atoms with Crippen molar-refractivity contribution in [3.05, 3.63) is 0 Å². The Kier molecular flexibility index (Phi) is 3.85. The first kappa shape index (κ1) is 11.9. The van der Waals surface area contributed by atoms with Crippen molar-refractivity contribution in [1.29, 1.82) is 0 Å². The van der Waals surface area contributed by atoms with Crippen LogP contribution in [0.3, 0.4) is 0 Å². The van der Waals surface area contributed by atoms with E-state index in [-0.39, 0.29) is 17.9 Å². The van der Waals surface area contributed by atoms with Crippen LogP contribution in [-0.4, -0.2) is 24.2 Å². The molecule has 0 aromatic heterocycles. The minimum Gasteiger partial charge on any atom is -0.396 e. The molecule has 2 aliphatic rings. The van der Waals surface area contributed by atoms with E-state index in [0.29, 0.717) is 18.9 Å². The first-order valence-electron chi connectivity index (χ1n) is 6.62. The number of hydrogen-bond donors (Lipinski definition) is 2. The summed E-state index contributed by atoms with van der Waals surface area (Å²) >= 11 is 0. The zero-order valence-corrected chi connectivity index (χ0v) is 10.0. The van der Waals surface area contributed by atoms with Crippen LogP contribution in [0.1, 0.15) is 51.4 Å². The van der Waals surface area contributed by atoms with Gasteiger partial charge < -0.3 is 10.4 Å². The molecule has 0 heterocycles. The van der Waals surface area contributed by atoms with Gasteiger partial charge in [0.05, 0.1) is 6.61 Å². The van der Waals surface area contributed by atoms with E-state index in [4.69, 9.17) is 5.11 Å². The van der Waals surface area contributed by atoms with Crippen LogP contribution in [0.5, 0.6) is 0 Å². The molecule has 2 rings (SSSR count). The third kappa shape index (κ3) is 3.21. The van der Waals surface area contributed by atoms with E-state index in [0.717, 1.165) is 12.8 Å². The summed E-state index contributed by atoms with van der Waals surface area (Å²) in [6, 6.07) is 0. The molecule has 2 fully saturated rings. The molecule has 0 atom stereocenters. The highest BCUT2D eigenvalue weighted by Crippen LogP contribution is 2.44. The molecule has 0 radical (unpaired) electrons. The van der Waals surface area contributed by atoms with E-state index in [2.05, 4.69) is 5.32 Å². The van der Waals surface area contributed by atoms with Crippen LogP contribution in [0.2, 0.25) is 0 Å². The highest BCUT2D eigenvalue weighted by atomic mass is 16.3. The molecule has 2 aliphatic carbocycles. The number of amides is 1. The van der Waals surface area contributed by atoms with Gasteiger partial charge in [-0.2, -0.15) is 0 Å². The highest BCUT2D eigenvalue weighted by molar-refractivity contribution is 5.76. The van der Waals surface area contributed by atoms with Gasteiger partial charge in [0, 0.05) is 18.4 Å². The normalized spacial score (nSPS) is 24.1. The SMILES string of the molecule is O=C(CC1CCCCC1)NCC1(CO)CC1. The van der Waals surface area contributed by atoms with Crippen molar-refractivity contribution in [3.8, 4) is 0 Å². The Hall–Kier alpha value is -0.570. The second kappa shape index (κ2) is 5.17. The van der Waals surface area contributed by atoms with Gasteiger partial charge in [-0.3, -0.25) is 4.79 Å². The first-order chi connectivity index (χ1) is 7.74. The molecule has 0 aliphatic heterocycles. The lowest BCUT2D eigenvalue weighted by molar-refractivity contribution is -0.122. The lowest BCUT2D eigenvalue weighted by Crippen LogP contribution is -2.33. The summed E-state index contributed by atoms with van der Waals surface area (Å²) in [5, 5.41) is 12.1. The first-order valence-corrected chi connectivity index (χ1v) is 6.62. The van der Waals surface area contributed by atoms with Gasteiger partial charge in [0.25, 0.3) is 0 Å². The Labute approximate surface area is 97.6 Å². The molecule has 92 valence electrons. The average Bonchev–Trinajstić information content (AvgIpc) is 3.09. The molecule has 0 aromatic rings. The summed E-state index contributed by atoms with van der Waals surface area (Å²) in [4.78, 5) is 11.7. The standard InChI is InChI=1S/C13H23NO2/c15-10-13(6-7-13)9-14-12(16)8-11-4-2-1-3-5-11/h11,15H,1-10H2,(H,14,16). The molecule has 16 heavy (non-hydrogen) atoms. The lowest BCUT2D eigenvalue weighted by Gasteiger charge is -2.21. The molecule has 2 saturated carbocycles. The smallest absolute Gasteiger partial charge is 0.220 e. The predicted molar refractivity (Wildman–Crippen MR) is 63.0 cm³/mol. The van der Waals surface area contributed by atoms with Crippen molar-refractivity contribution in [1.82, 2.24) is 5.32 Å². The molecule has 3 nitrogen and oxygen atoms in total. The van der Waals surface area contributed by atoms with Crippen molar-refractivity contribution in [2.24, 2.45) is 11.3 Å². The number of hydrogen-bond acceptors (Lipinski definition) is 2. The van der Waals surface area contributed by atoms with Gasteiger partial charge in [-0.05, 0) is 31.6 Å². The van der Waals surface area contributed by atoms with Gasteiger partial charge in [-0.25, -0.2) is 0 Å². The van der Waals surface area contributed by atoms with E-state index in [1.165, 1.54) is 32.1 Å². The fraction of sp³-hybridized carbons (Fsp3) is 0.923. The molecule has 0 aromatic carbocycles. The maximum atomic E-state index is 11.7. The van der Waals surface area contributed by atoms with E-state index in [1.54, 1.807) is 0 Å². The lowest BCUT2D eigenvalue weighted by atomic mass is 9.87. The monoisotopic (exact) mass is 225 g/mol. The van der Waals surface area contributed by atoms with Crippen LogP contribution < -0.4 is 5.32 Å². The summed E-state index contributed by atoms with van der Waals surface area (Å²) in [7, 11) is 0. The summed E-state index contributed by atoms with van der Waals surface area (Å²) < 4.78 is 0. The summed E-state index contributed by atoms with van der Waals surface area (Å²) in [5.74, 6) is 0.796. The van der Waals surface area contributed by atoms with Crippen molar-refractivity contribution in [2.75, 3.05) is 13.2 Å². The summed E-state index contributed by atoms with van der Waals surface area (Å²) in [6.07, 6.45) is 9.18. The number of carbonyl (C=O) groups excluding carboxylic acids is 1. The largest absolute Gasteiger partial charge is 0.396 e. The zero-order chi connectivity index (χ0) is 11.4. The average molecular weight is 225 g/mol. The van der Waals surface area contributed by atoms with E-state index < -0.39 is 0 Å². The van der Waals surface area contributed by atoms with E-state index in [1.807, 2.05) is 0 Å². The molecule has 0 spiro atoms. The molecule has 1 amide bonds. The fourth-order valence-corrected chi connectivity index (χ4v) is 2.58. The molecule has 0 unspecified atom stereocenters. The van der Waals surface area contributed by atoms with Crippen molar-refractivity contribution in [2.45, 2.75) is 51.4 Å². The van der Waals surface area contributed by atoms with Crippen molar-refractivity contribution in [3.63, 3.8) is 0 Å². The maximum Gasteiger partial charge on any atom is 0.220 e. The summed E-state index contributed by atoms with van der Waals surface area (Å²) in [6.45, 7) is 0.895. The summed E-state index contributed by atoms with van der Waals surface area (Å²) in [5.41, 5.74) is 0.0439. The van der Waals surface area contributed by atoms with Crippen LogP contribution in [-0.2, 0) is 4.79 Å². The zero-order valence-electron chi connectivity index (χ0n) is 10.0.